The van der Waals surface area contributed by atoms with E-state index in [2.05, 4.69) is 18.7 Å². The summed E-state index contributed by atoms with van der Waals surface area (Å²) in [7, 11) is 0. The minimum Gasteiger partial charge on any atom is -0.504 e. The van der Waals surface area contributed by atoms with Crippen LogP contribution in [0.3, 0.4) is 0 Å². The van der Waals surface area contributed by atoms with Crippen molar-refractivity contribution < 1.29 is 15.3 Å². The minimum atomic E-state index is -0.282. The van der Waals surface area contributed by atoms with Gasteiger partial charge in [0.25, 0.3) is 0 Å². The summed E-state index contributed by atoms with van der Waals surface area (Å²) in [4.78, 5) is 2.43. The molecule has 1 saturated heterocycles. The van der Waals surface area contributed by atoms with Gasteiger partial charge < -0.3 is 15.3 Å². The first-order valence-corrected chi connectivity index (χ1v) is 7.92. The average molecular weight is 323 g/mol. The summed E-state index contributed by atoms with van der Waals surface area (Å²) in [5, 5.41) is 29.9. The number of rotatable bonds is 2. The van der Waals surface area contributed by atoms with Gasteiger partial charge in [0.2, 0.25) is 0 Å². The molecule has 2 heterocycles. The molecule has 0 unspecified atom stereocenters. The highest BCUT2D eigenvalue weighted by atomic mass is 16.3. The molecule has 0 aromatic heterocycles. The second-order valence-electron chi connectivity index (χ2n) is 6.99. The van der Waals surface area contributed by atoms with Gasteiger partial charge in [-0.15, -0.1) is 0 Å². The molecule has 1 fully saturated rings. The lowest BCUT2D eigenvalue weighted by Crippen LogP contribution is -2.48. The van der Waals surface area contributed by atoms with E-state index >= 15 is 0 Å². The third-order valence-corrected chi connectivity index (χ3v) is 4.96. The Labute approximate surface area is 140 Å². The van der Waals surface area contributed by atoms with E-state index in [-0.39, 0.29) is 38.5 Å². The predicted molar refractivity (Wildman–Crippen MR) is 94.8 cm³/mol. The molecule has 0 spiro atoms. The zero-order valence-corrected chi connectivity index (χ0v) is 12.8. The summed E-state index contributed by atoms with van der Waals surface area (Å²) in [6, 6.07) is 3.52. The molecule has 1 aromatic rings. The Balaban J connectivity index is 0.00000132. The highest BCUT2D eigenvalue weighted by molar-refractivity contribution is 5.48. The van der Waals surface area contributed by atoms with Crippen LogP contribution in [0, 0.1) is 11.8 Å². The fourth-order valence-corrected chi connectivity index (χ4v) is 3.96. The molecule has 4 nitrogen and oxygen atoms in total. The first-order valence-electron chi connectivity index (χ1n) is 7.92. The van der Waals surface area contributed by atoms with Crippen LogP contribution in [0.2, 0.25) is 0 Å². The lowest BCUT2D eigenvalue weighted by atomic mass is 9.79. The van der Waals surface area contributed by atoms with Crippen LogP contribution in [0.5, 0.6) is 11.5 Å². The van der Waals surface area contributed by atoms with E-state index in [9.17, 15) is 15.3 Å². The van der Waals surface area contributed by atoms with Crippen molar-refractivity contribution in [1.29, 1.82) is 0 Å². The van der Waals surface area contributed by atoms with Crippen molar-refractivity contribution >= 4 is 0 Å². The Bertz CT molecular complexity index is 530. The number of piperidine rings is 1. The lowest BCUT2D eigenvalue weighted by molar-refractivity contribution is -0.0191. The molecule has 2 aliphatic heterocycles. The first-order chi connectivity index (χ1) is 9.95. The highest BCUT2D eigenvalue weighted by Gasteiger charge is 2.38. The molecule has 0 amide bonds. The van der Waals surface area contributed by atoms with Gasteiger partial charge in [0.05, 0.1) is 6.10 Å². The summed E-state index contributed by atoms with van der Waals surface area (Å²) >= 11 is 0. The van der Waals surface area contributed by atoms with Crippen LogP contribution in [-0.4, -0.2) is 39.4 Å². The Morgan fingerprint density at radius 2 is 1.83 bits per heavy atom. The van der Waals surface area contributed by atoms with Crippen molar-refractivity contribution in [2.24, 2.45) is 11.8 Å². The maximum Gasteiger partial charge on any atom is 0.157 e. The molecular weight excluding hydrogens is 290 g/mol. The summed E-state index contributed by atoms with van der Waals surface area (Å²) < 4.78 is 0. The average Bonchev–Trinajstić information content (AvgIpc) is 2.41. The smallest absolute Gasteiger partial charge is 0.157 e. The van der Waals surface area contributed by atoms with E-state index in [1.807, 2.05) is 0 Å². The van der Waals surface area contributed by atoms with Crippen LogP contribution in [-0.2, 0) is 6.42 Å². The third-order valence-electron chi connectivity index (χ3n) is 4.96. The Hall–Kier alpha value is -1.26. The zero-order valence-electron chi connectivity index (χ0n) is 12.8. The normalized spacial score (nSPS) is 26.7. The van der Waals surface area contributed by atoms with Crippen LogP contribution in [0.25, 0.3) is 0 Å². The van der Waals surface area contributed by atoms with Crippen molar-refractivity contribution in [3.8, 4) is 11.5 Å². The molecule has 0 bridgehead atoms. The third kappa shape index (κ3) is 3.81. The molecule has 3 N–H and O–H groups in total. The van der Waals surface area contributed by atoms with Crippen LogP contribution in [0.15, 0.2) is 12.1 Å². The first kappa shape index (κ1) is 19.8. The molecule has 4 heteroatoms. The van der Waals surface area contributed by atoms with Crippen molar-refractivity contribution in [2.45, 2.75) is 60.1 Å². The molecule has 3 atom stereocenters. The molecule has 3 rings (SSSR count). The number of hydrogen-bond donors (Lipinski definition) is 3. The van der Waals surface area contributed by atoms with Gasteiger partial charge in [-0.3, -0.25) is 4.90 Å². The SMILES string of the molecule is C.C.CC(C)C[C@H]1CN2CCc3cc(O)c(O)cc3[C@H]2C[C@@H]1O. The summed E-state index contributed by atoms with van der Waals surface area (Å²) in [5.41, 5.74) is 2.17. The number of aliphatic hydroxyl groups excluding tert-OH is 1. The van der Waals surface area contributed by atoms with Gasteiger partial charge in [-0.1, -0.05) is 28.7 Å². The second kappa shape index (κ2) is 7.54. The quantitative estimate of drug-likeness (QED) is 0.726. The number of aliphatic hydroxyl groups is 1. The Morgan fingerprint density at radius 1 is 1.17 bits per heavy atom. The van der Waals surface area contributed by atoms with Gasteiger partial charge in [0.1, 0.15) is 0 Å². The van der Waals surface area contributed by atoms with Crippen molar-refractivity contribution in [3.63, 3.8) is 0 Å². The molecular formula is C19H33NO3. The number of benzene rings is 1. The van der Waals surface area contributed by atoms with Crippen LogP contribution >= 0.6 is 0 Å². The van der Waals surface area contributed by atoms with Crippen LogP contribution < -0.4 is 0 Å². The van der Waals surface area contributed by atoms with Gasteiger partial charge in [-0.25, -0.2) is 0 Å². The summed E-state index contributed by atoms with van der Waals surface area (Å²) in [5.74, 6) is 0.832. The standard InChI is InChI=1S/C17H25NO3.2CH4/c1-10(2)5-12-9-18-4-3-11-6-16(20)17(21)7-13(11)14(18)8-15(12)19;;/h6-7,10,12,14-15,19-21H,3-5,8-9H2,1-2H3;2*1H4/t12-,14+,15-;;/m0../s1. The number of phenols is 2. The number of hydrogen-bond acceptors (Lipinski definition) is 4. The number of aromatic hydroxyl groups is 2. The lowest BCUT2D eigenvalue weighted by Gasteiger charge is -2.46. The van der Waals surface area contributed by atoms with Gasteiger partial charge in [-0.05, 0) is 54.4 Å². The summed E-state index contributed by atoms with van der Waals surface area (Å²) in [6.07, 6.45) is 2.38. The van der Waals surface area contributed by atoms with E-state index in [1.54, 1.807) is 12.1 Å². The molecule has 132 valence electrons. The van der Waals surface area contributed by atoms with Gasteiger partial charge >= 0.3 is 0 Å². The zero-order chi connectivity index (χ0) is 15.1. The molecule has 1 aromatic carbocycles. The van der Waals surface area contributed by atoms with Gasteiger partial charge in [0.15, 0.2) is 11.5 Å². The monoisotopic (exact) mass is 323 g/mol. The van der Waals surface area contributed by atoms with E-state index < -0.39 is 0 Å². The topological polar surface area (TPSA) is 63.9 Å². The maximum absolute atomic E-state index is 10.5. The fraction of sp³-hybridized carbons (Fsp3) is 0.684. The predicted octanol–water partition coefficient (Wildman–Crippen LogP) is 3.70. The van der Waals surface area contributed by atoms with E-state index in [1.165, 1.54) is 0 Å². The molecule has 0 radical (unpaired) electrons. The Kier molecular flexibility index (Phi) is 6.49. The number of phenolic OH excluding ortho intramolecular Hbond substituents is 2. The van der Waals surface area contributed by atoms with Gasteiger partial charge in [0, 0.05) is 19.1 Å². The molecule has 23 heavy (non-hydrogen) atoms. The maximum atomic E-state index is 10.5. The number of nitrogens with zero attached hydrogens (tertiary/aromatic N) is 1. The minimum absolute atomic E-state index is 0. The van der Waals surface area contributed by atoms with Crippen molar-refractivity contribution in [3.05, 3.63) is 23.3 Å². The fourth-order valence-electron chi connectivity index (χ4n) is 3.96. The van der Waals surface area contributed by atoms with E-state index in [0.29, 0.717) is 18.3 Å². The van der Waals surface area contributed by atoms with Crippen LogP contribution in [0.1, 0.15) is 58.7 Å². The highest BCUT2D eigenvalue weighted by Crippen LogP contribution is 2.42. The molecule has 0 saturated carbocycles. The van der Waals surface area contributed by atoms with Crippen molar-refractivity contribution in [1.82, 2.24) is 4.90 Å². The van der Waals surface area contributed by atoms with E-state index in [0.717, 1.165) is 37.1 Å². The Morgan fingerprint density at radius 3 is 2.48 bits per heavy atom. The number of fused-ring (bicyclic) bond motifs is 3. The second-order valence-corrected chi connectivity index (χ2v) is 6.99. The van der Waals surface area contributed by atoms with E-state index in [4.69, 9.17) is 0 Å². The van der Waals surface area contributed by atoms with Gasteiger partial charge in [-0.2, -0.15) is 0 Å². The summed E-state index contributed by atoms with van der Waals surface area (Å²) in [6.45, 7) is 6.28. The molecule has 0 aliphatic carbocycles. The largest absolute Gasteiger partial charge is 0.504 e. The van der Waals surface area contributed by atoms with Crippen LogP contribution in [0.4, 0.5) is 0 Å². The molecule has 2 aliphatic rings. The van der Waals surface area contributed by atoms with Crippen molar-refractivity contribution in [2.75, 3.05) is 13.1 Å².